The summed E-state index contributed by atoms with van der Waals surface area (Å²) in [6, 6.07) is 0.0175. The molecule has 1 aliphatic rings. The Morgan fingerprint density at radius 2 is 2.20 bits per heavy atom. The summed E-state index contributed by atoms with van der Waals surface area (Å²) in [4.78, 5) is 22.0. The number of carbonyl (C=O) groups excluding carboxylic acids is 1. The van der Waals surface area contributed by atoms with Crippen LogP contribution >= 0.6 is 0 Å². The molecule has 0 aromatic carbocycles. The van der Waals surface area contributed by atoms with Gasteiger partial charge in [-0.25, -0.2) is 9.78 Å². The summed E-state index contributed by atoms with van der Waals surface area (Å²) in [6.07, 6.45) is 2.59. The van der Waals surface area contributed by atoms with E-state index in [1.807, 2.05) is 27.7 Å². The van der Waals surface area contributed by atoms with E-state index in [0.717, 1.165) is 43.0 Å². The van der Waals surface area contributed by atoms with Gasteiger partial charge in [0.2, 0.25) is 0 Å². The molecule has 5 heteroatoms. The highest BCUT2D eigenvalue weighted by Gasteiger charge is 2.35. The van der Waals surface area contributed by atoms with Crippen LogP contribution in [-0.2, 0) is 11.2 Å². The Balaban J connectivity index is 2.16. The minimum absolute atomic E-state index is 0.0175. The van der Waals surface area contributed by atoms with Crippen LogP contribution in [-0.4, -0.2) is 33.1 Å². The molecule has 1 fully saturated rings. The second-order valence-corrected chi connectivity index (χ2v) is 6.38. The van der Waals surface area contributed by atoms with Crippen LogP contribution in [0.5, 0.6) is 0 Å². The summed E-state index contributed by atoms with van der Waals surface area (Å²) in [5, 5.41) is 0. The van der Waals surface area contributed by atoms with Gasteiger partial charge in [-0.05, 0) is 47.0 Å². The molecular formula is C15H25N3O2. The SMILES string of the molecule is CCc1nc(C2CCCN2C(=O)OC(C)(C)C)[nH]c1C. The van der Waals surface area contributed by atoms with Gasteiger partial charge in [-0.2, -0.15) is 0 Å². The van der Waals surface area contributed by atoms with Crippen molar-refractivity contribution in [1.82, 2.24) is 14.9 Å². The van der Waals surface area contributed by atoms with Crippen LogP contribution in [0, 0.1) is 6.92 Å². The predicted molar refractivity (Wildman–Crippen MR) is 77.6 cm³/mol. The Morgan fingerprint density at radius 1 is 1.50 bits per heavy atom. The third-order valence-corrected chi connectivity index (χ3v) is 3.54. The van der Waals surface area contributed by atoms with Gasteiger partial charge in [0, 0.05) is 12.2 Å². The van der Waals surface area contributed by atoms with Crippen molar-refractivity contribution in [1.29, 1.82) is 0 Å². The first-order valence-electron chi connectivity index (χ1n) is 7.37. The lowest BCUT2D eigenvalue weighted by molar-refractivity contribution is 0.0218. The van der Waals surface area contributed by atoms with E-state index in [0.29, 0.717) is 0 Å². The molecule has 1 saturated heterocycles. The van der Waals surface area contributed by atoms with Gasteiger partial charge in [0.1, 0.15) is 11.4 Å². The molecule has 1 aromatic heterocycles. The number of hydrogen-bond acceptors (Lipinski definition) is 3. The first-order chi connectivity index (χ1) is 9.31. The zero-order chi connectivity index (χ0) is 14.9. The van der Waals surface area contributed by atoms with E-state index >= 15 is 0 Å². The number of hydrogen-bond donors (Lipinski definition) is 1. The number of likely N-dealkylation sites (tertiary alicyclic amines) is 1. The lowest BCUT2D eigenvalue weighted by Gasteiger charge is -2.27. The number of amides is 1. The van der Waals surface area contributed by atoms with Gasteiger partial charge >= 0.3 is 6.09 Å². The van der Waals surface area contributed by atoms with Crippen molar-refractivity contribution in [3.63, 3.8) is 0 Å². The molecular weight excluding hydrogens is 254 g/mol. The number of imidazole rings is 1. The van der Waals surface area contributed by atoms with Crippen molar-refractivity contribution in [3.05, 3.63) is 17.2 Å². The molecule has 1 N–H and O–H groups in total. The molecule has 1 unspecified atom stereocenters. The van der Waals surface area contributed by atoms with E-state index in [9.17, 15) is 4.79 Å². The maximum atomic E-state index is 12.3. The van der Waals surface area contributed by atoms with Crippen LogP contribution in [0.3, 0.4) is 0 Å². The molecule has 2 heterocycles. The zero-order valence-electron chi connectivity index (χ0n) is 13.1. The summed E-state index contributed by atoms with van der Waals surface area (Å²) < 4.78 is 5.48. The van der Waals surface area contributed by atoms with Crippen molar-refractivity contribution in [3.8, 4) is 0 Å². The predicted octanol–water partition coefficient (Wildman–Crippen LogP) is 3.35. The molecule has 1 amide bonds. The number of carbonyl (C=O) groups is 1. The monoisotopic (exact) mass is 279 g/mol. The topological polar surface area (TPSA) is 58.2 Å². The standard InChI is InChI=1S/C15H25N3O2/c1-6-11-10(2)16-13(17-11)12-8-7-9-18(12)14(19)20-15(3,4)5/h12H,6-9H2,1-5H3,(H,16,17). The Bertz CT molecular complexity index is 488. The van der Waals surface area contributed by atoms with Crippen molar-refractivity contribution in [2.45, 2.75) is 65.5 Å². The van der Waals surface area contributed by atoms with Gasteiger partial charge in [0.15, 0.2) is 0 Å². The van der Waals surface area contributed by atoms with Crippen LogP contribution in [0.2, 0.25) is 0 Å². The number of nitrogens with zero attached hydrogens (tertiary/aromatic N) is 2. The van der Waals surface area contributed by atoms with Crippen LogP contribution in [0.15, 0.2) is 0 Å². The van der Waals surface area contributed by atoms with Gasteiger partial charge in [-0.15, -0.1) is 0 Å². The van der Waals surface area contributed by atoms with Gasteiger partial charge in [0.05, 0.1) is 11.7 Å². The average molecular weight is 279 g/mol. The van der Waals surface area contributed by atoms with E-state index < -0.39 is 5.60 Å². The van der Waals surface area contributed by atoms with E-state index in [-0.39, 0.29) is 12.1 Å². The Kier molecular flexibility index (Phi) is 4.06. The molecule has 1 aliphatic heterocycles. The Hall–Kier alpha value is -1.52. The number of ether oxygens (including phenoxy) is 1. The van der Waals surface area contributed by atoms with Crippen LogP contribution < -0.4 is 0 Å². The molecule has 0 aliphatic carbocycles. The number of aromatic amines is 1. The number of aryl methyl sites for hydroxylation is 2. The van der Waals surface area contributed by atoms with E-state index in [1.165, 1.54) is 0 Å². The molecule has 1 atom stereocenters. The largest absolute Gasteiger partial charge is 0.444 e. The quantitative estimate of drug-likeness (QED) is 0.903. The molecule has 5 nitrogen and oxygen atoms in total. The fourth-order valence-corrected chi connectivity index (χ4v) is 2.61. The third kappa shape index (κ3) is 3.14. The number of H-pyrrole nitrogens is 1. The van der Waals surface area contributed by atoms with Gasteiger partial charge < -0.3 is 9.72 Å². The average Bonchev–Trinajstić information content (AvgIpc) is 2.92. The zero-order valence-corrected chi connectivity index (χ0v) is 13.1. The maximum absolute atomic E-state index is 12.3. The van der Waals surface area contributed by atoms with Crippen molar-refractivity contribution >= 4 is 6.09 Å². The fraction of sp³-hybridized carbons (Fsp3) is 0.733. The Labute approximate surface area is 120 Å². The number of aromatic nitrogens is 2. The lowest BCUT2D eigenvalue weighted by Crippen LogP contribution is -2.36. The van der Waals surface area contributed by atoms with Crippen molar-refractivity contribution < 1.29 is 9.53 Å². The summed E-state index contributed by atoms with van der Waals surface area (Å²) in [7, 11) is 0. The Morgan fingerprint density at radius 3 is 2.75 bits per heavy atom. The van der Waals surface area contributed by atoms with E-state index in [2.05, 4.69) is 16.9 Å². The molecule has 0 radical (unpaired) electrons. The van der Waals surface area contributed by atoms with Gasteiger partial charge in [0.25, 0.3) is 0 Å². The fourth-order valence-electron chi connectivity index (χ4n) is 2.61. The highest BCUT2D eigenvalue weighted by Crippen LogP contribution is 2.32. The molecule has 0 spiro atoms. The summed E-state index contributed by atoms with van der Waals surface area (Å²) in [5.74, 6) is 0.891. The van der Waals surface area contributed by atoms with Crippen molar-refractivity contribution in [2.24, 2.45) is 0 Å². The number of rotatable bonds is 2. The summed E-state index contributed by atoms with van der Waals surface area (Å²) >= 11 is 0. The highest BCUT2D eigenvalue weighted by molar-refractivity contribution is 5.69. The third-order valence-electron chi connectivity index (χ3n) is 3.54. The molecule has 20 heavy (non-hydrogen) atoms. The molecule has 0 bridgehead atoms. The summed E-state index contributed by atoms with van der Waals surface area (Å²) in [6.45, 7) is 10.5. The highest BCUT2D eigenvalue weighted by atomic mass is 16.6. The molecule has 0 saturated carbocycles. The first-order valence-corrected chi connectivity index (χ1v) is 7.37. The van der Waals surface area contributed by atoms with Crippen LogP contribution in [0.1, 0.15) is 63.8 Å². The minimum atomic E-state index is -0.460. The maximum Gasteiger partial charge on any atom is 0.410 e. The smallest absolute Gasteiger partial charge is 0.410 e. The minimum Gasteiger partial charge on any atom is -0.444 e. The second-order valence-electron chi connectivity index (χ2n) is 6.38. The summed E-state index contributed by atoms with van der Waals surface area (Å²) in [5.41, 5.74) is 1.72. The molecule has 2 rings (SSSR count). The molecule has 112 valence electrons. The van der Waals surface area contributed by atoms with E-state index in [4.69, 9.17) is 4.74 Å². The number of nitrogens with one attached hydrogen (secondary N) is 1. The van der Waals surface area contributed by atoms with Gasteiger partial charge in [-0.1, -0.05) is 6.92 Å². The van der Waals surface area contributed by atoms with Crippen LogP contribution in [0.4, 0.5) is 4.79 Å². The van der Waals surface area contributed by atoms with Crippen LogP contribution in [0.25, 0.3) is 0 Å². The van der Waals surface area contributed by atoms with Gasteiger partial charge in [-0.3, -0.25) is 4.90 Å². The van der Waals surface area contributed by atoms with E-state index in [1.54, 1.807) is 4.90 Å². The lowest BCUT2D eigenvalue weighted by atomic mass is 10.2. The molecule has 1 aromatic rings. The normalized spacial score (nSPS) is 19.4. The first kappa shape index (κ1) is 14.9. The van der Waals surface area contributed by atoms with Crippen molar-refractivity contribution in [2.75, 3.05) is 6.54 Å². The second kappa shape index (κ2) is 5.46.